The van der Waals surface area contributed by atoms with Gasteiger partial charge in [0.05, 0.1) is 6.54 Å². The lowest BCUT2D eigenvalue weighted by atomic mass is 10.3. The molecule has 4 nitrogen and oxygen atoms in total. The second kappa shape index (κ2) is 3.88. The molecule has 6 heteroatoms. The Morgan fingerprint density at radius 2 is 2.38 bits per heavy atom. The molecule has 1 amide bonds. The molecule has 0 bridgehead atoms. The summed E-state index contributed by atoms with van der Waals surface area (Å²) in [5.74, 6) is -0.356. The first-order chi connectivity index (χ1) is 6.11. The minimum absolute atomic E-state index is 0.0217. The number of amides is 1. The first-order valence-corrected chi connectivity index (χ1v) is 3.43. The van der Waals surface area contributed by atoms with Crippen molar-refractivity contribution in [2.75, 3.05) is 6.54 Å². The Morgan fingerprint density at radius 3 is 2.92 bits per heavy atom. The van der Waals surface area contributed by atoms with E-state index in [1.54, 1.807) is 0 Å². The van der Waals surface area contributed by atoms with Gasteiger partial charge in [-0.25, -0.2) is 9.69 Å². The summed E-state index contributed by atoms with van der Waals surface area (Å²) in [5, 5.41) is 8.55. The summed E-state index contributed by atoms with van der Waals surface area (Å²) in [6, 6.07) is 0. The van der Waals surface area contributed by atoms with Gasteiger partial charge in [0.25, 0.3) is 0 Å². The molecule has 0 aromatic carbocycles. The number of alkyl halides is 2. The van der Waals surface area contributed by atoms with Crippen molar-refractivity contribution in [2.24, 2.45) is 0 Å². The van der Waals surface area contributed by atoms with Crippen LogP contribution in [0.1, 0.15) is 0 Å². The molecule has 0 saturated heterocycles. The van der Waals surface area contributed by atoms with E-state index in [4.69, 9.17) is 5.11 Å². The molecule has 0 aromatic rings. The molecule has 72 valence electrons. The molecule has 0 fully saturated rings. The topological polar surface area (TPSA) is 49.8 Å². The molecule has 1 N–H and O–H groups in total. The van der Waals surface area contributed by atoms with E-state index in [1.165, 1.54) is 18.2 Å². The Morgan fingerprint density at radius 1 is 1.69 bits per heavy atom. The third-order valence-electron chi connectivity index (χ3n) is 1.37. The lowest BCUT2D eigenvalue weighted by Gasteiger charge is -2.22. The van der Waals surface area contributed by atoms with Gasteiger partial charge in [0.15, 0.2) is 0 Å². The second-order valence-corrected chi connectivity index (χ2v) is 2.20. The molecule has 0 atom stereocenters. The number of carboxylic acid groups (broad SMARTS) is 1. The lowest BCUT2D eigenvalue weighted by Crippen LogP contribution is -2.32. The third-order valence-corrected chi connectivity index (χ3v) is 1.37. The van der Waals surface area contributed by atoms with Crippen molar-refractivity contribution in [1.82, 2.24) is 4.90 Å². The number of ether oxygens (including phenoxy) is 1. The fourth-order valence-electron chi connectivity index (χ4n) is 0.863. The summed E-state index contributed by atoms with van der Waals surface area (Å²) < 4.78 is 27.5. The molecule has 0 saturated carbocycles. The van der Waals surface area contributed by atoms with E-state index in [1.807, 2.05) is 0 Å². The van der Waals surface area contributed by atoms with Gasteiger partial charge in [-0.2, -0.15) is 8.78 Å². The SMILES string of the molecule is O=C(O)N1CC=CC=C1OC(F)F. The van der Waals surface area contributed by atoms with Crippen molar-refractivity contribution in [3.8, 4) is 0 Å². The Balaban J connectivity index is 2.71. The highest BCUT2D eigenvalue weighted by atomic mass is 19.3. The monoisotopic (exact) mass is 191 g/mol. The standard InChI is InChI=1S/C7H7F2NO3/c8-6(9)13-5-3-1-2-4-10(5)7(11)12/h1-3,6H,4H2,(H,11,12). The van der Waals surface area contributed by atoms with Crippen LogP contribution in [0.5, 0.6) is 0 Å². The normalized spacial score (nSPS) is 15.9. The van der Waals surface area contributed by atoms with Crippen LogP contribution in [0, 0.1) is 0 Å². The van der Waals surface area contributed by atoms with E-state index < -0.39 is 12.7 Å². The summed E-state index contributed by atoms with van der Waals surface area (Å²) in [4.78, 5) is 11.2. The number of allylic oxidation sites excluding steroid dienone is 2. The van der Waals surface area contributed by atoms with Gasteiger partial charge in [0, 0.05) is 0 Å². The molecular formula is C7H7F2NO3. The minimum atomic E-state index is -3.01. The summed E-state index contributed by atoms with van der Waals surface area (Å²) in [6.45, 7) is -2.99. The number of rotatable bonds is 2. The van der Waals surface area contributed by atoms with Crippen molar-refractivity contribution < 1.29 is 23.4 Å². The van der Waals surface area contributed by atoms with Crippen LogP contribution in [0.4, 0.5) is 13.6 Å². The number of nitrogens with zero attached hydrogens (tertiary/aromatic N) is 1. The maximum atomic E-state index is 11.7. The number of hydrogen-bond donors (Lipinski definition) is 1. The molecule has 1 aliphatic rings. The van der Waals surface area contributed by atoms with Gasteiger partial charge < -0.3 is 9.84 Å². The highest BCUT2D eigenvalue weighted by molar-refractivity contribution is 5.67. The highest BCUT2D eigenvalue weighted by Crippen LogP contribution is 2.14. The van der Waals surface area contributed by atoms with Crippen LogP contribution < -0.4 is 0 Å². The zero-order chi connectivity index (χ0) is 9.84. The predicted octanol–water partition coefficient (Wildman–Crippen LogP) is 1.62. The van der Waals surface area contributed by atoms with Crippen molar-refractivity contribution in [3.63, 3.8) is 0 Å². The van der Waals surface area contributed by atoms with Crippen LogP contribution in [-0.2, 0) is 4.74 Å². The van der Waals surface area contributed by atoms with Crippen LogP contribution in [-0.4, -0.2) is 29.3 Å². The molecule has 0 aliphatic carbocycles. The van der Waals surface area contributed by atoms with Crippen LogP contribution >= 0.6 is 0 Å². The molecule has 0 radical (unpaired) electrons. The zero-order valence-electron chi connectivity index (χ0n) is 6.48. The maximum Gasteiger partial charge on any atom is 0.414 e. The van der Waals surface area contributed by atoms with Crippen LogP contribution in [0.25, 0.3) is 0 Å². The summed E-state index contributed by atoms with van der Waals surface area (Å²) in [7, 11) is 0. The van der Waals surface area contributed by atoms with Crippen molar-refractivity contribution >= 4 is 6.09 Å². The molecule has 0 spiro atoms. The van der Waals surface area contributed by atoms with Crippen molar-refractivity contribution in [3.05, 3.63) is 24.1 Å². The molecule has 1 rings (SSSR count). The average molecular weight is 191 g/mol. The molecule has 0 unspecified atom stereocenters. The summed E-state index contributed by atoms with van der Waals surface area (Å²) in [5.41, 5.74) is 0. The first-order valence-electron chi connectivity index (χ1n) is 3.43. The van der Waals surface area contributed by atoms with Gasteiger partial charge in [-0.1, -0.05) is 12.2 Å². The molecule has 1 aliphatic heterocycles. The summed E-state index contributed by atoms with van der Waals surface area (Å²) >= 11 is 0. The van der Waals surface area contributed by atoms with E-state index in [0.717, 1.165) is 0 Å². The third kappa shape index (κ3) is 2.43. The van der Waals surface area contributed by atoms with Crippen LogP contribution in [0.15, 0.2) is 24.1 Å². The molecule has 0 aromatic heterocycles. The Kier molecular flexibility index (Phi) is 2.84. The van der Waals surface area contributed by atoms with E-state index in [0.29, 0.717) is 4.90 Å². The smallest absolute Gasteiger partial charge is 0.414 e. The van der Waals surface area contributed by atoms with Crippen LogP contribution in [0.3, 0.4) is 0 Å². The van der Waals surface area contributed by atoms with Crippen molar-refractivity contribution in [2.45, 2.75) is 6.61 Å². The lowest BCUT2D eigenvalue weighted by molar-refractivity contribution is -0.114. The Bertz CT molecular complexity index is 262. The molecule has 13 heavy (non-hydrogen) atoms. The summed E-state index contributed by atoms with van der Waals surface area (Å²) in [6.07, 6.45) is 2.82. The van der Waals surface area contributed by atoms with Crippen molar-refractivity contribution in [1.29, 1.82) is 0 Å². The molecule has 1 heterocycles. The minimum Gasteiger partial charge on any atom is -0.465 e. The fourth-order valence-corrected chi connectivity index (χ4v) is 0.863. The van der Waals surface area contributed by atoms with E-state index in [9.17, 15) is 13.6 Å². The quantitative estimate of drug-likeness (QED) is 0.721. The van der Waals surface area contributed by atoms with Gasteiger partial charge in [0.2, 0.25) is 5.88 Å². The van der Waals surface area contributed by atoms with Gasteiger partial charge in [-0.05, 0) is 6.08 Å². The van der Waals surface area contributed by atoms with E-state index in [-0.39, 0.29) is 12.4 Å². The van der Waals surface area contributed by atoms with Gasteiger partial charge in [0.1, 0.15) is 0 Å². The Labute approximate surface area is 72.7 Å². The average Bonchev–Trinajstić information content (AvgIpc) is 2.03. The fraction of sp³-hybridized carbons (Fsp3) is 0.286. The number of carbonyl (C=O) groups is 1. The predicted molar refractivity (Wildman–Crippen MR) is 39.0 cm³/mol. The van der Waals surface area contributed by atoms with E-state index in [2.05, 4.69) is 4.74 Å². The second-order valence-electron chi connectivity index (χ2n) is 2.20. The number of hydrogen-bond acceptors (Lipinski definition) is 2. The Hall–Kier alpha value is -1.59. The molecular weight excluding hydrogens is 184 g/mol. The maximum absolute atomic E-state index is 11.7. The van der Waals surface area contributed by atoms with E-state index >= 15 is 0 Å². The van der Waals surface area contributed by atoms with Gasteiger partial charge >= 0.3 is 12.7 Å². The van der Waals surface area contributed by atoms with Gasteiger partial charge in [-0.3, -0.25) is 0 Å². The first kappa shape index (κ1) is 9.50. The highest BCUT2D eigenvalue weighted by Gasteiger charge is 2.21. The zero-order valence-corrected chi connectivity index (χ0v) is 6.48. The largest absolute Gasteiger partial charge is 0.465 e. The van der Waals surface area contributed by atoms with Crippen LogP contribution in [0.2, 0.25) is 0 Å². The number of halogens is 2. The van der Waals surface area contributed by atoms with Gasteiger partial charge in [-0.15, -0.1) is 0 Å².